The maximum atomic E-state index is 13.3. The Hall–Kier alpha value is -2.47. The number of fused-ring (bicyclic) bond motifs is 1. The minimum atomic E-state index is -0.288. The van der Waals surface area contributed by atoms with Gasteiger partial charge in [0.15, 0.2) is 0 Å². The van der Waals surface area contributed by atoms with Crippen LogP contribution in [0, 0.1) is 6.92 Å². The van der Waals surface area contributed by atoms with Crippen molar-refractivity contribution in [2.24, 2.45) is 0 Å². The van der Waals surface area contributed by atoms with Crippen LogP contribution in [0.4, 0.5) is 0 Å². The van der Waals surface area contributed by atoms with Crippen molar-refractivity contribution in [3.8, 4) is 17.0 Å². The topological polar surface area (TPSA) is 67.4 Å². The number of nitrogens with zero attached hydrogens (tertiary/aromatic N) is 3. The van der Waals surface area contributed by atoms with E-state index in [4.69, 9.17) is 4.74 Å². The van der Waals surface area contributed by atoms with E-state index < -0.39 is 0 Å². The van der Waals surface area contributed by atoms with Gasteiger partial charge in [0, 0.05) is 24.4 Å². The van der Waals surface area contributed by atoms with Gasteiger partial charge in [-0.2, -0.15) is 0 Å². The molecule has 2 fully saturated rings. The minimum Gasteiger partial charge on any atom is -0.487 e. The molecule has 1 aliphatic carbocycles. The number of likely N-dealkylation sites (tertiary alicyclic amines) is 1. The summed E-state index contributed by atoms with van der Waals surface area (Å²) in [7, 11) is 0. The summed E-state index contributed by atoms with van der Waals surface area (Å²) in [4.78, 5) is 24.4. The first kappa shape index (κ1) is 19.5. The molecule has 2 aromatic rings. The van der Waals surface area contributed by atoms with Gasteiger partial charge in [-0.1, -0.05) is 18.9 Å². The van der Waals surface area contributed by atoms with Crippen molar-refractivity contribution in [2.75, 3.05) is 19.6 Å². The van der Waals surface area contributed by atoms with E-state index >= 15 is 0 Å². The zero-order chi connectivity index (χ0) is 20.6. The molecule has 5 rings (SSSR count). The van der Waals surface area contributed by atoms with Gasteiger partial charge in [-0.05, 0) is 62.9 Å². The van der Waals surface area contributed by atoms with Crippen LogP contribution in [-0.2, 0) is 11.2 Å². The molecule has 6 nitrogen and oxygen atoms in total. The van der Waals surface area contributed by atoms with Crippen LogP contribution in [0.25, 0.3) is 11.3 Å². The Morgan fingerprint density at radius 1 is 1.20 bits per heavy atom. The average Bonchev–Trinajstić information content (AvgIpc) is 3.52. The highest BCUT2D eigenvalue weighted by Gasteiger charge is 2.46. The SMILES string of the molecule is Cc1cc2c(c(-c3cnccn3)c1)OC(CNC(=O)C1(N3CCCC3)CCCC1)C2. The fraction of sp³-hybridized carbons (Fsp3) is 0.542. The molecule has 2 aliphatic heterocycles. The van der Waals surface area contributed by atoms with Gasteiger partial charge in [0.1, 0.15) is 17.4 Å². The van der Waals surface area contributed by atoms with Crippen molar-refractivity contribution in [3.05, 3.63) is 41.9 Å². The summed E-state index contributed by atoms with van der Waals surface area (Å²) < 4.78 is 6.32. The van der Waals surface area contributed by atoms with Crippen LogP contribution < -0.4 is 10.1 Å². The van der Waals surface area contributed by atoms with Crippen LogP contribution in [-0.4, -0.2) is 52.1 Å². The predicted octanol–water partition coefficient (Wildman–Crippen LogP) is 3.28. The van der Waals surface area contributed by atoms with Crippen LogP contribution in [0.2, 0.25) is 0 Å². The smallest absolute Gasteiger partial charge is 0.240 e. The van der Waals surface area contributed by atoms with Crippen molar-refractivity contribution in [3.63, 3.8) is 0 Å². The van der Waals surface area contributed by atoms with Gasteiger partial charge in [-0.25, -0.2) is 0 Å². The summed E-state index contributed by atoms with van der Waals surface area (Å²) in [6.07, 6.45) is 12.6. The first-order valence-corrected chi connectivity index (χ1v) is 11.3. The second-order valence-electron chi connectivity index (χ2n) is 8.98. The van der Waals surface area contributed by atoms with Crippen molar-refractivity contribution >= 4 is 5.91 Å². The molecule has 30 heavy (non-hydrogen) atoms. The molecule has 3 aliphatic rings. The molecule has 6 heteroatoms. The Morgan fingerprint density at radius 2 is 2.00 bits per heavy atom. The highest BCUT2D eigenvalue weighted by molar-refractivity contribution is 5.86. The van der Waals surface area contributed by atoms with E-state index in [1.807, 2.05) is 0 Å². The first-order chi connectivity index (χ1) is 14.7. The molecule has 0 spiro atoms. The van der Waals surface area contributed by atoms with Gasteiger partial charge < -0.3 is 10.1 Å². The number of amides is 1. The largest absolute Gasteiger partial charge is 0.487 e. The monoisotopic (exact) mass is 406 g/mol. The molecule has 1 saturated carbocycles. The lowest BCUT2D eigenvalue weighted by Gasteiger charge is -2.37. The lowest BCUT2D eigenvalue weighted by atomic mass is 9.94. The summed E-state index contributed by atoms with van der Waals surface area (Å²) >= 11 is 0. The van der Waals surface area contributed by atoms with E-state index in [1.54, 1.807) is 18.6 Å². The Morgan fingerprint density at radius 3 is 2.73 bits per heavy atom. The van der Waals surface area contributed by atoms with Gasteiger partial charge in [-0.15, -0.1) is 0 Å². The van der Waals surface area contributed by atoms with E-state index in [2.05, 4.69) is 39.2 Å². The quantitative estimate of drug-likeness (QED) is 0.825. The van der Waals surface area contributed by atoms with Gasteiger partial charge in [0.25, 0.3) is 0 Å². The Kier molecular flexibility index (Phi) is 5.19. The Balaban J connectivity index is 1.29. The molecular weight excluding hydrogens is 376 g/mol. The van der Waals surface area contributed by atoms with Crippen molar-refractivity contribution in [1.82, 2.24) is 20.2 Å². The molecule has 1 saturated heterocycles. The summed E-state index contributed by atoms with van der Waals surface area (Å²) in [6, 6.07) is 4.28. The number of carbonyl (C=O) groups excluding carboxylic acids is 1. The zero-order valence-electron chi connectivity index (χ0n) is 17.7. The number of ether oxygens (including phenoxy) is 1. The van der Waals surface area contributed by atoms with Gasteiger partial charge in [0.2, 0.25) is 5.91 Å². The van der Waals surface area contributed by atoms with Crippen molar-refractivity contribution in [2.45, 2.75) is 63.5 Å². The van der Waals surface area contributed by atoms with E-state index in [9.17, 15) is 4.79 Å². The molecule has 1 amide bonds. The number of hydrogen-bond acceptors (Lipinski definition) is 5. The fourth-order valence-corrected chi connectivity index (χ4v) is 5.50. The van der Waals surface area contributed by atoms with Crippen LogP contribution in [0.1, 0.15) is 49.7 Å². The normalized spacial score (nSPS) is 22.6. The molecule has 0 radical (unpaired) electrons. The van der Waals surface area contributed by atoms with Crippen molar-refractivity contribution < 1.29 is 9.53 Å². The molecular formula is C24H30N4O2. The fourth-order valence-electron chi connectivity index (χ4n) is 5.50. The van der Waals surface area contributed by atoms with E-state index in [0.717, 1.165) is 62.2 Å². The zero-order valence-corrected chi connectivity index (χ0v) is 17.7. The first-order valence-electron chi connectivity index (χ1n) is 11.3. The predicted molar refractivity (Wildman–Crippen MR) is 115 cm³/mol. The number of nitrogens with one attached hydrogen (secondary N) is 1. The van der Waals surface area contributed by atoms with Gasteiger partial charge in [0.05, 0.1) is 18.4 Å². The molecule has 1 aromatic carbocycles. The minimum absolute atomic E-state index is 0.0433. The maximum absolute atomic E-state index is 13.3. The van der Waals surface area contributed by atoms with Crippen LogP contribution in [0.5, 0.6) is 5.75 Å². The number of hydrogen-bond donors (Lipinski definition) is 1. The number of carbonyl (C=O) groups is 1. The molecule has 1 N–H and O–H groups in total. The summed E-state index contributed by atoms with van der Waals surface area (Å²) in [5.74, 6) is 1.09. The lowest BCUT2D eigenvalue weighted by Crippen LogP contribution is -2.57. The Bertz CT molecular complexity index is 918. The second kappa shape index (κ2) is 7.99. The molecule has 1 unspecified atom stereocenters. The third-order valence-corrected chi connectivity index (χ3v) is 6.94. The number of benzene rings is 1. The highest BCUT2D eigenvalue weighted by atomic mass is 16.5. The third-order valence-electron chi connectivity index (χ3n) is 6.94. The standard InChI is InChI=1S/C24H30N4O2/c1-17-12-18-14-19(30-22(18)20(13-17)21-16-25-8-9-26-21)15-27-23(29)24(6-2-3-7-24)28-10-4-5-11-28/h8-9,12-13,16,19H,2-7,10-11,14-15H2,1H3,(H,27,29). The summed E-state index contributed by atoms with van der Waals surface area (Å²) in [6.45, 7) is 4.75. The summed E-state index contributed by atoms with van der Waals surface area (Å²) in [5, 5.41) is 3.26. The average molecular weight is 407 g/mol. The van der Waals surface area contributed by atoms with E-state index in [0.29, 0.717) is 6.54 Å². The molecule has 3 heterocycles. The van der Waals surface area contributed by atoms with Crippen LogP contribution >= 0.6 is 0 Å². The van der Waals surface area contributed by atoms with E-state index in [-0.39, 0.29) is 17.6 Å². The second-order valence-corrected chi connectivity index (χ2v) is 8.98. The number of aromatic nitrogens is 2. The Labute approximate surface area is 178 Å². The summed E-state index contributed by atoms with van der Waals surface area (Å²) in [5.41, 5.74) is 3.88. The molecule has 1 atom stereocenters. The highest BCUT2D eigenvalue weighted by Crippen LogP contribution is 2.40. The third kappa shape index (κ3) is 3.47. The molecule has 0 bridgehead atoms. The maximum Gasteiger partial charge on any atom is 0.240 e. The van der Waals surface area contributed by atoms with Gasteiger partial charge in [-0.3, -0.25) is 19.7 Å². The molecule has 158 valence electrons. The number of rotatable bonds is 5. The lowest BCUT2D eigenvalue weighted by molar-refractivity contribution is -0.133. The number of aryl methyl sites for hydroxylation is 1. The van der Waals surface area contributed by atoms with E-state index in [1.165, 1.54) is 24.0 Å². The van der Waals surface area contributed by atoms with Gasteiger partial charge >= 0.3 is 0 Å². The van der Waals surface area contributed by atoms with Crippen molar-refractivity contribution in [1.29, 1.82) is 0 Å². The van der Waals surface area contributed by atoms with Crippen LogP contribution in [0.15, 0.2) is 30.7 Å². The molecule has 1 aromatic heterocycles. The van der Waals surface area contributed by atoms with Crippen LogP contribution in [0.3, 0.4) is 0 Å².